The number of benzene rings is 2. The Morgan fingerprint density at radius 1 is 0.704 bits per heavy atom. The SMILES string of the molecule is CC1(C)C(/C=C/C2=C(NCCCCCCCCCCC(=O)NCCCCN3C(=O)C=CC3=O)C(=C/C=C3/N(CCCCS(=O)(=O)O)c4ccc(S(=O)(=O)O)cc4C3(C)C)CCC2)=[N+](CCCCS(=O)(=O)O)c2ccc(SOOO)cc21. The van der Waals surface area contributed by atoms with Crippen molar-refractivity contribution in [2.75, 3.05) is 49.1 Å². The summed E-state index contributed by atoms with van der Waals surface area (Å²) in [4.78, 5) is 39.5. The number of imide groups is 1. The predicted molar refractivity (Wildman–Crippen MR) is 312 cm³/mol. The largest absolute Gasteiger partial charge is 0.385 e. The number of anilines is 1. The van der Waals surface area contributed by atoms with Gasteiger partial charge in [-0.15, -0.1) is 4.33 Å². The van der Waals surface area contributed by atoms with E-state index in [1.165, 1.54) is 29.2 Å². The van der Waals surface area contributed by atoms with E-state index in [1.54, 1.807) is 6.07 Å². The highest BCUT2D eigenvalue weighted by Gasteiger charge is 2.45. The zero-order valence-corrected chi connectivity index (χ0v) is 50.1. The Labute approximate surface area is 482 Å². The summed E-state index contributed by atoms with van der Waals surface area (Å²) in [6.45, 7) is 10.6. The van der Waals surface area contributed by atoms with Crippen LogP contribution in [0.25, 0.3) is 0 Å². The summed E-state index contributed by atoms with van der Waals surface area (Å²) in [5.74, 6) is -1.34. The molecule has 0 bridgehead atoms. The quantitative estimate of drug-likeness (QED) is 0.00723. The minimum absolute atomic E-state index is 0.00749. The van der Waals surface area contributed by atoms with Gasteiger partial charge in [0.25, 0.3) is 42.2 Å². The normalized spacial score (nSPS) is 18.1. The van der Waals surface area contributed by atoms with Gasteiger partial charge in [-0.1, -0.05) is 69.6 Å². The average Bonchev–Trinajstić information content (AvgIpc) is 4.15. The Hall–Kier alpha value is -5.02. The molecule has 24 heteroatoms. The van der Waals surface area contributed by atoms with Crippen molar-refractivity contribution in [1.29, 1.82) is 0 Å². The van der Waals surface area contributed by atoms with Crippen molar-refractivity contribution >= 4 is 77.2 Å². The van der Waals surface area contributed by atoms with Crippen molar-refractivity contribution in [3.05, 3.63) is 107 Å². The Bertz CT molecular complexity index is 3130. The fourth-order valence-corrected chi connectivity index (χ4v) is 13.1. The Morgan fingerprint density at radius 3 is 2.00 bits per heavy atom. The van der Waals surface area contributed by atoms with Crippen LogP contribution in [-0.4, -0.2) is 121 Å². The number of nitrogens with zero attached hydrogens (tertiary/aromatic N) is 3. The number of carbonyl (C=O) groups excluding carboxylic acids is 3. The zero-order valence-electron chi connectivity index (χ0n) is 46.9. The van der Waals surface area contributed by atoms with Crippen molar-refractivity contribution in [2.24, 2.45) is 0 Å². The monoisotopic (exact) mass is 1200 g/mol. The van der Waals surface area contributed by atoms with Gasteiger partial charge in [0, 0.05) is 96.3 Å². The summed E-state index contributed by atoms with van der Waals surface area (Å²) >= 11 is 0.857. The van der Waals surface area contributed by atoms with Gasteiger partial charge in [-0.3, -0.25) is 32.9 Å². The summed E-state index contributed by atoms with van der Waals surface area (Å²) in [6.07, 6.45) is 24.3. The van der Waals surface area contributed by atoms with Crippen molar-refractivity contribution in [1.82, 2.24) is 15.5 Å². The zero-order chi connectivity index (χ0) is 59.0. The highest BCUT2D eigenvalue weighted by molar-refractivity contribution is 7.94. The Balaban J connectivity index is 1.19. The highest BCUT2D eigenvalue weighted by Crippen LogP contribution is 2.49. The molecule has 81 heavy (non-hydrogen) atoms. The van der Waals surface area contributed by atoms with Crippen molar-refractivity contribution in [3.8, 4) is 0 Å². The summed E-state index contributed by atoms with van der Waals surface area (Å²) in [7, 11) is -12.8. The minimum atomic E-state index is -4.52. The van der Waals surface area contributed by atoms with E-state index in [-0.39, 0.29) is 41.2 Å². The third-order valence-electron chi connectivity index (χ3n) is 15.3. The lowest BCUT2D eigenvalue weighted by atomic mass is 9.81. The van der Waals surface area contributed by atoms with Crippen LogP contribution in [0.3, 0.4) is 0 Å². The van der Waals surface area contributed by atoms with E-state index in [9.17, 15) is 53.3 Å². The molecular weight excluding hydrogens is 1120 g/mol. The molecule has 3 aliphatic heterocycles. The topological polar surface area (TPSA) is 287 Å². The number of carbonyl (C=O) groups is 3. The maximum Gasteiger partial charge on any atom is 0.294 e. The fraction of sp³-hybridized carbons (Fsp3) is 0.544. The second kappa shape index (κ2) is 29.5. The van der Waals surface area contributed by atoms with Crippen LogP contribution in [-0.2, 0) is 64.9 Å². The van der Waals surface area contributed by atoms with Gasteiger partial charge < -0.3 is 15.5 Å². The van der Waals surface area contributed by atoms with E-state index in [4.69, 9.17) is 9.59 Å². The second-order valence-corrected chi connectivity index (χ2v) is 27.4. The van der Waals surface area contributed by atoms with Gasteiger partial charge in [-0.25, -0.2) is 5.26 Å². The van der Waals surface area contributed by atoms with Crippen molar-refractivity contribution < 1.29 is 72.5 Å². The van der Waals surface area contributed by atoms with E-state index in [1.807, 2.05) is 43.0 Å². The molecule has 0 saturated carbocycles. The van der Waals surface area contributed by atoms with E-state index < -0.39 is 46.9 Å². The van der Waals surface area contributed by atoms with Gasteiger partial charge in [0.15, 0.2) is 5.71 Å². The van der Waals surface area contributed by atoms with E-state index in [2.05, 4.69) is 52.3 Å². The van der Waals surface area contributed by atoms with Gasteiger partial charge in [0.2, 0.25) is 11.6 Å². The van der Waals surface area contributed by atoms with Crippen LogP contribution < -0.4 is 15.5 Å². The van der Waals surface area contributed by atoms with Crippen molar-refractivity contribution in [3.63, 3.8) is 0 Å². The molecule has 446 valence electrons. The molecule has 20 nitrogen and oxygen atoms in total. The first kappa shape index (κ1) is 65.1. The van der Waals surface area contributed by atoms with E-state index >= 15 is 0 Å². The molecule has 1 aliphatic carbocycles. The van der Waals surface area contributed by atoms with Crippen LogP contribution in [0.2, 0.25) is 0 Å². The summed E-state index contributed by atoms with van der Waals surface area (Å²) in [5.41, 5.74) is 6.94. The van der Waals surface area contributed by atoms with Crippen LogP contribution in [0.15, 0.2) is 105 Å². The number of allylic oxidation sites excluding steroid dienone is 7. The van der Waals surface area contributed by atoms with Crippen LogP contribution >= 0.6 is 12.0 Å². The van der Waals surface area contributed by atoms with E-state index in [0.29, 0.717) is 75.3 Å². The summed E-state index contributed by atoms with van der Waals surface area (Å²) < 4.78 is 107. The van der Waals surface area contributed by atoms with Crippen LogP contribution in [0, 0.1) is 0 Å². The molecule has 3 amide bonds. The number of unbranched alkanes of at least 4 members (excludes halogenated alkanes) is 10. The fourth-order valence-electron chi connectivity index (χ4n) is 11.1. The number of hydrogen-bond donors (Lipinski definition) is 6. The molecule has 0 saturated heterocycles. The maximum atomic E-state index is 12.4. The average molecular weight is 1200 g/mol. The van der Waals surface area contributed by atoms with Gasteiger partial charge in [-0.05, 0) is 131 Å². The predicted octanol–water partition coefficient (Wildman–Crippen LogP) is 9.60. The molecule has 2 aromatic rings. The van der Waals surface area contributed by atoms with E-state index in [0.717, 1.165) is 128 Å². The Kier molecular flexibility index (Phi) is 23.7. The maximum absolute atomic E-state index is 12.4. The number of hydrogen-bond acceptors (Lipinski definition) is 15. The molecule has 6 rings (SSSR count). The molecule has 0 atom stereocenters. The summed E-state index contributed by atoms with van der Waals surface area (Å²) in [6, 6.07) is 10.2. The number of nitrogens with one attached hydrogen (secondary N) is 2. The molecule has 4 aliphatic rings. The molecule has 6 N–H and O–H groups in total. The molecule has 0 radical (unpaired) electrons. The minimum Gasteiger partial charge on any atom is -0.385 e. The third-order valence-corrected chi connectivity index (χ3v) is 18.4. The standard InChI is InChI=1S/C57H79N5O15S4/c1-56(2)46-40-44(78-77-76-66)25-27-48(46)60(35-15-17-38-79(67,68)69)50(56)29-23-42-20-19-21-43(24-30-51-57(3,4)47-41-45(81(73,74)75)26-28-49(47)61(51)36-16-18-39-80(70,71)72)55(42)59-34-12-10-8-6-5-7-9-11-22-52(63)58-33-13-14-37-62-53(64)31-32-54(62)65/h23-32,40-41H,5-22,33-39H2,1-4H3,(H5,58,63,66,67,68,69,70,71,72,73,74,75)/p+1/b43-24?,51-30+. The number of fused-ring (bicyclic) bond motifs is 2. The molecule has 0 fully saturated rings. The number of rotatable bonds is 34. The molecule has 3 heterocycles. The highest BCUT2D eigenvalue weighted by atomic mass is 32.2. The van der Waals surface area contributed by atoms with Crippen LogP contribution in [0.1, 0.15) is 154 Å². The van der Waals surface area contributed by atoms with Gasteiger partial charge in [0.05, 0.1) is 33.9 Å². The first-order valence-electron chi connectivity index (χ1n) is 27.9. The van der Waals surface area contributed by atoms with Gasteiger partial charge in [0.1, 0.15) is 6.54 Å². The second-order valence-electron chi connectivity index (χ2n) is 22.0. The molecule has 0 aromatic heterocycles. The van der Waals surface area contributed by atoms with Crippen molar-refractivity contribution in [2.45, 2.75) is 164 Å². The molecular formula is C57H80N5O15S4+. The first-order chi connectivity index (χ1) is 38.3. The first-order valence-corrected chi connectivity index (χ1v) is 33.3. The molecule has 0 unspecified atom stereocenters. The molecule has 2 aromatic carbocycles. The summed E-state index contributed by atoms with van der Waals surface area (Å²) in [5, 5.41) is 19.5. The third kappa shape index (κ3) is 18.7. The Morgan fingerprint density at radius 2 is 1.33 bits per heavy atom. The smallest absolute Gasteiger partial charge is 0.294 e. The lowest BCUT2D eigenvalue weighted by Gasteiger charge is -2.28. The number of amides is 3. The van der Waals surface area contributed by atoms with Gasteiger partial charge in [-0.2, -0.15) is 29.8 Å². The van der Waals surface area contributed by atoms with Gasteiger partial charge >= 0.3 is 0 Å². The van der Waals surface area contributed by atoms with Crippen LogP contribution in [0.5, 0.6) is 0 Å². The van der Waals surface area contributed by atoms with Crippen LogP contribution in [0.4, 0.5) is 11.4 Å². The lowest BCUT2D eigenvalue weighted by molar-refractivity contribution is -0.438. The lowest BCUT2D eigenvalue weighted by Crippen LogP contribution is -2.31. The molecule has 0 spiro atoms.